The molecule has 2 heterocycles. The largest absolute Gasteiger partial charge is 0.356 e. The van der Waals surface area contributed by atoms with Crippen molar-refractivity contribution in [1.82, 2.24) is 15.2 Å². The van der Waals surface area contributed by atoms with E-state index in [0.29, 0.717) is 19.6 Å². The van der Waals surface area contributed by atoms with E-state index in [0.717, 1.165) is 35.5 Å². The Labute approximate surface area is 177 Å². The van der Waals surface area contributed by atoms with Crippen LogP contribution in [0.3, 0.4) is 0 Å². The van der Waals surface area contributed by atoms with Gasteiger partial charge in [0.1, 0.15) is 0 Å². The quantitative estimate of drug-likeness (QED) is 0.804. The standard InChI is InChI=1S/C23H31N3O2S/c1-16-25-20(15-29-16)18-7-5-17(6-8-18)9-12-24-21(27)19-10-13-26(14-11-19)22(28)23(2,3)4/h5-8,15,19H,9-14H2,1-4H3,(H,24,27). The van der Waals surface area contributed by atoms with E-state index >= 15 is 0 Å². The number of hydrogen-bond acceptors (Lipinski definition) is 4. The van der Waals surface area contributed by atoms with E-state index < -0.39 is 0 Å². The third kappa shape index (κ3) is 5.66. The highest BCUT2D eigenvalue weighted by molar-refractivity contribution is 7.09. The van der Waals surface area contributed by atoms with Gasteiger partial charge < -0.3 is 10.2 Å². The van der Waals surface area contributed by atoms with Crippen molar-refractivity contribution in [3.63, 3.8) is 0 Å². The van der Waals surface area contributed by atoms with Crippen molar-refractivity contribution in [1.29, 1.82) is 0 Å². The molecule has 0 atom stereocenters. The lowest BCUT2D eigenvalue weighted by Crippen LogP contribution is -2.46. The molecule has 29 heavy (non-hydrogen) atoms. The Morgan fingerprint density at radius 3 is 2.38 bits per heavy atom. The molecule has 1 N–H and O–H groups in total. The van der Waals surface area contributed by atoms with Crippen LogP contribution < -0.4 is 5.32 Å². The van der Waals surface area contributed by atoms with Crippen LogP contribution in [0.4, 0.5) is 0 Å². The van der Waals surface area contributed by atoms with Crippen LogP contribution in [0.25, 0.3) is 11.3 Å². The van der Waals surface area contributed by atoms with Crippen LogP contribution in [-0.2, 0) is 16.0 Å². The molecule has 3 rings (SSSR count). The molecule has 0 saturated carbocycles. The van der Waals surface area contributed by atoms with Crippen LogP contribution in [0.5, 0.6) is 0 Å². The molecule has 2 amide bonds. The van der Waals surface area contributed by atoms with Crippen molar-refractivity contribution in [2.24, 2.45) is 11.3 Å². The third-order valence-corrected chi connectivity index (χ3v) is 6.15. The van der Waals surface area contributed by atoms with Crippen LogP contribution in [0.15, 0.2) is 29.6 Å². The van der Waals surface area contributed by atoms with Crippen LogP contribution in [0.2, 0.25) is 0 Å². The molecule has 2 aromatic rings. The van der Waals surface area contributed by atoms with Gasteiger partial charge in [0.05, 0.1) is 10.7 Å². The predicted octanol–water partition coefficient (Wildman–Crippen LogP) is 4.06. The molecule has 1 fully saturated rings. The van der Waals surface area contributed by atoms with Gasteiger partial charge in [-0.15, -0.1) is 11.3 Å². The maximum Gasteiger partial charge on any atom is 0.227 e. The Morgan fingerprint density at radius 2 is 1.83 bits per heavy atom. The van der Waals surface area contributed by atoms with Crippen LogP contribution in [-0.4, -0.2) is 41.3 Å². The fourth-order valence-electron chi connectivity index (χ4n) is 3.63. The van der Waals surface area contributed by atoms with Crippen molar-refractivity contribution >= 4 is 23.2 Å². The van der Waals surface area contributed by atoms with Gasteiger partial charge in [-0.2, -0.15) is 0 Å². The van der Waals surface area contributed by atoms with Gasteiger partial charge in [-0.3, -0.25) is 9.59 Å². The smallest absolute Gasteiger partial charge is 0.227 e. The summed E-state index contributed by atoms with van der Waals surface area (Å²) >= 11 is 1.66. The lowest BCUT2D eigenvalue weighted by atomic mass is 9.90. The number of rotatable bonds is 5. The lowest BCUT2D eigenvalue weighted by Gasteiger charge is -2.35. The summed E-state index contributed by atoms with van der Waals surface area (Å²) in [6.45, 7) is 9.82. The summed E-state index contributed by atoms with van der Waals surface area (Å²) in [7, 11) is 0. The molecule has 156 valence electrons. The normalized spacial score (nSPS) is 15.4. The van der Waals surface area contributed by atoms with Gasteiger partial charge in [-0.05, 0) is 31.7 Å². The summed E-state index contributed by atoms with van der Waals surface area (Å²) in [4.78, 5) is 31.3. The Bertz CT molecular complexity index is 844. The number of likely N-dealkylation sites (tertiary alicyclic amines) is 1. The minimum absolute atomic E-state index is 0.00861. The Morgan fingerprint density at radius 1 is 1.17 bits per heavy atom. The number of nitrogens with one attached hydrogen (secondary N) is 1. The van der Waals surface area contributed by atoms with Gasteiger partial charge in [0, 0.05) is 41.9 Å². The van der Waals surface area contributed by atoms with Crippen molar-refractivity contribution < 1.29 is 9.59 Å². The monoisotopic (exact) mass is 413 g/mol. The lowest BCUT2D eigenvalue weighted by molar-refractivity contribution is -0.142. The number of amides is 2. The van der Waals surface area contributed by atoms with Crippen molar-refractivity contribution in [2.45, 2.75) is 47.0 Å². The van der Waals surface area contributed by atoms with E-state index in [2.05, 4.69) is 39.9 Å². The van der Waals surface area contributed by atoms with Gasteiger partial charge in [0.15, 0.2) is 0 Å². The van der Waals surface area contributed by atoms with E-state index in [-0.39, 0.29) is 23.1 Å². The molecule has 0 radical (unpaired) electrons. The van der Waals surface area contributed by atoms with Gasteiger partial charge >= 0.3 is 0 Å². The molecule has 0 aliphatic carbocycles. The summed E-state index contributed by atoms with van der Waals surface area (Å²) < 4.78 is 0. The van der Waals surface area contributed by atoms with Crippen molar-refractivity contribution in [2.75, 3.05) is 19.6 Å². The zero-order chi connectivity index (χ0) is 21.0. The minimum Gasteiger partial charge on any atom is -0.356 e. The number of carbonyl (C=O) groups is 2. The van der Waals surface area contributed by atoms with Crippen molar-refractivity contribution in [3.05, 3.63) is 40.2 Å². The van der Waals surface area contributed by atoms with Crippen LogP contribution in [0, 0.1) is 18.3 Å². The Kier molecular flexibility index (Phi) is 6.73. The van der Waals surface area contributed by atoms with Crippen LogP contribution >= 0.6 is 11.3 Å². The summed E-state index contributed by atoms with van der Waals surface area (Å²) in [6.07, 6.45) is 2.30. The average molecular weight is 414 g/mol. The van der Waals surface area contributed by atoms with E-state index in [1.807, 2.05) is 32.6 Å². The number of carbonyl (C=O) groups excluding carboxylic acids is 2. The second-order valence-corrected chi connectivity index (χ2v) is 9.87. The molecule has 5 nitrogen and oxygen atoms in total. The summed E-state index contributed by atoms with van der Waals surface area (Å²) in [5, 5.41) is 6.22. The number of thiazole rings is 1. The first-order valence-electron chi connectivity index (χ1n) is 10.3. The first kappa shape index (κ1) is 21.5. The number of aryl methyl sites for hydroxylation is 1. The second kappa shape index (κ2) is 9.08. The number of nitrogens with zero attached hydrogens (tertiary/aromatic N) is 2. The van der Waals surface area contributed by atoms with Gasteiger partial charge in [-0.1, -0.05) is 45.0 Å². The maximum absolute atomic E-state index is 12.5. The van der Waals surface area contributed by atoms with Crippen molar-refractivity contribution in [3.8, 4) is 11.3 Å². The Balaban J connectivity index is 1.42. The molecule has 0 spiro atoms. The van der Waals surface area contributed by atoms with Gasteiger partial charge in [-0.25, -0.2) is 4.98 Å². The fourth-order valence-corrected chi connectivity index (χ4v) is 4.25. The fraction of sp³-hybridized carbons (Fsp3) is 0.522. The molecule has 1 aliphatic rings. The molecule has 6 heteroatoms. The highest BCUT2D eigenvalue weighted by Crippen LogP contribution is 2.24. The minimum atomic E-state index is -0.358. The first-order valence-corrected chi connectivity index (χ1v) is 11.2. The number of aromatic nitrogens is 1. The third-order valence-electron chi connectivity index (χ3n) is 5.38. The molecule has 1 aromatic carbocycles. The zero-order valence-corrected chi connectivity index (χ0v) is 18.6. The maximum atomic E-state index is 12.5. The highest BCUT2D eigenvalue weighted by Gasteiger charge is 2.32. The second-order valence-electron chi connectivity index (χ2n) is 8.81. The van der Waals surface area contributed by atoms with Gasteiger partial charge in [0.25, 0.3) is 0 Å². The summed E-state index contributed by atoms with van der Waals surface area (Å²) in [6, 6.07) is 8.39. The number of hydrogen-bond donors (Lipinski definition) is 1. The average Bonchev–Trinajstić information content (AvgIpc) is 3.13. The molecule has 1 aromatic heterocycles. The van der Waals surface area contributed by atoms with Crippen LogP contribution in [0.1, 0.15) is 44.2 Å². The molecule has 1 aliphatic heterocycles. The molecule has 0 bridgehead atoms. The predicted molar refractivity (Wildman–Crippen MR) is 118 cm³/mol. The molecule has 0 unspecified atom stereocenters. The van der Waals surface area contributed by atoms with E-state index in [1.165, 1.54) is 5.56 Å². The number of benzene rings is 1. The SMILES string of the molecule is Cc1nc(-c2ccc(CCNC(=O)C3CCN(C(=O)C(C)(C)C)CC3)cc2)cs1. The molecular weight excluding hydrogens is 382 g/mol. The first-order chi connectivity index (χ1) is 13.7. The molecule has 1 saturated heterocycles. The van der Waals surface area contributed by atoms with Gasteiger partial charge in [0.2, 0.25) is 11.8 Å². The number of piperidine rings is 1. The topological polar surface area (TPSA) is 62.3 Å². The van der Waals surface area contributed by atoms with E-state index in [4.69, 9.17) is 0 Å². The Hall–Kier alpha value is -2.21. The van der Waals surface area contributed by atoms with E-state index in [1.54, 1.807) is 11.3 Å². The summed E-state index contributed by atoms with van der Waals surface area (Å²) in [5.41, 5.74) is 2.98. The van der Waals surface area contributed by atoms with E-state index in [9.17, 15) is 9.59 Å². The zero-order valence-electron chi connectivity index (χ0n) is 17.8. The molecular formula is C23H31N3O2S. The highest BCUT2D eigenvalue weighted by atomic mass is 32.1. The summed E-state index contributed by atoms with van der Waals surface area (Å²) in [5.74, 6) is 0.296.